The maximum atomic E-state index is 10.9. The third-order valence-corrected chi connectivity index (χ3v) is 3.81. The third kappa shape index (κ3) is 2.63. The van der Waals surface area contributed by atoms with Crippen molar-refractivity contribution in [2.75, 3.05) is 18.1 Å². The lowest BCUT2D eigenvalue weighted by Gasteiger charge is -2.36. The fourth-order valence-corrected chi connectivity index (χ4v) is 2.86. The lowest BCUT2D eigenvalue weighted by molar-refractivity contribution is 0.146. The molecule has 1 rings (SSSR count). The number of hydrogen-bond donors (Lipinski definition) is 0. The van der Waals surface area contributed by atoms with Gasteiger partial charge in [0.15, 0.2) is 0 Å². The van der Waals surface area contributed by atoms with E-state index in [2.05, 4.69) is 6.92 Å². The van der Waals surface area contributed by atoms with E-state index in [0.29, 0.717) is 6.61 Å². The molecule has 0 radical (unpaired) electrons. The largest absolute Gasteiger partial charge is 0.501 e. The quantitative estimate of drug-likeness (QED) is 0.630. The van der Waals surface area contributed by atoms with Crippen LogP contribution < -0.4 is 0 Å². The van der Waals surface area contributed by atoms with Crippen LogP contribution in [0.15, 0.2) is 11.8 Å². The molecule has 0 aliphatic carbocycles. The molecule has 1 heterocycles. The van der Waals surface area contributed by atoms with Crippen molar-refractivity contribution in [2.24, 2.45) is 5.41 Å². The number of hydrogen-bond acceptors (Lipinski definition) is 2. The van der Waals surface area contributed by atoms with E-state index in [1.807, 2.05) is 13.8 Å². The highest BCUT2D eigenvalue weighted by atomic mass is 32.2. The molecule has 70 valence electrons. The fraction of sp³-hybridized carbons (Fsp3) is 0.778. The predicted octanol–water partition coefficient (Wildman–Crippen LogP) is 1.70. The van der Waals surface area contributed by atoms with Gasteiger partial charge < -0.3 is 4.74 Å². The Bertz CT molecular complexity index is 209. The third-order valence-electron chi connectivity index (χ3n) is 1.77. The molecular weight excluding hydrogens is 172 g/mol. The zero-order valence-corrected chi connectivity index (χ0v) is 8.74. The Hall–Kier alpha value is -0.310. The van der Waals surface area contributed by atoms with Crippen LogP contribution in [0.5, 0.6) is 0 Å². The first-order valence-corrected chi connectivity index (χ1v) is 5.61. The maximum absolute atomic E-state index is 10.9. The zero-order valence-electron chi connectivity index (χ0n) is 7.92. The highest BCUT2D eigenvalue weighted by Gasteiger charge is 2.38. The molecule has 1 aliphatic heterocycles. The topological polar surface area (TPSA) is 26.3 Å². The molecule has 2 nitrogen and oxygen atoms in total. The van der Waals surface area contributed by atoms with Gasteiger partial charge in [-0.05, 0) is 19.4 Å². The van der Waals surface area contributed by atoms with Gasteiger partial charge in [0.25, 0.3) is 0 Å². The van der Waals surface area contributed by atoms with Crippen LogP contribution in [-0.4, -0.2) is 22.3 Å². The zero-order chi connectivity index (χ0) is 9.19. The van der Waals surface area contributed by atoms with Crippen molar-refractivity contribution < 1.29 is 8.95 Å². The molecule has 0 spiro atoms. The minimum absolute atomic E-state index is 0.164. The second-order valence-electron chi connectivity index (χ2n) is 4.05. The number of rotatable bonds is 3. The summed E-state index contributed by atoms with van der Waals surface area (Å²) in [5.41, 5.74) is 1.33. The van der Waals surface area contributed by atoms with E-state index in [4.69, 9.17) is 4.74 Å². The molecule has 1 aliphatic rings. The van der Waals surface area contributed by atoms with Crippen molar-refractivity contribution in [3.8, 4) is 0 Å². The summed E-state index contributed by atoms with van der Waals surface area (Å²) in [5, 5.41) is 0. The highest BCUT2D eigenvalue weighted by molar-refractivity contribution is 7.86. The minimum Gasteiger partial charge on any atom is -0.501 e. The van der Waals surface area contributed by atoms with Gasteiger partial charge in [-0.25, -0.2) is 0 Å². The lowest BCUT2D eigenvalue weighted by Crippen LogP contribution is -2.45. The van der Waals surface area contributed by atoms with E-state index in [1.54, 1.807) is 6.26 Å². The maximum Gasteiger partial charge on any atom is 0.0944 e. The van der Waals surface area contributed by atoms with E-state index in [0.717, 1.165) is 11.5 Å². The lowest BCUT2D eigenvalue weighted by atomic mass is 9.97. The molecule has 0 saturated carbocycles. The van der Waals surface area contributed by atoms with E-state index in [1.165, 1.54) is 5.57 Å². The monoisotopic (exact) mass is 188 g/mol. The van der Waals surface area contributed by atoms with Crippen molar-refractivity contribution in [3.63, 3.8) is 0 Å². The van der Waals surface area contributed by atoms with E-state index in [-0.39, 0.29) is 5.41 Å². The van der Waals surface area contributed by atoms with E-state index >= 15 is 0 Å². The SMILES string of the molecule is CC(C)=COCC1(C)CS(=O)C1. The summed E-state index contributed by atoms with van der Waals surface area (Å²) >= 11 is 0. The molecule has 0 N–H and O–H groups in total. The molecule has 0 aromatic heterocycles. The number of allylic oxidation sites excluding steroid dienone is 1. The Balaban J connectivity index is 2.24. The average molecular weight is 188 g/mol. The Morgan fingerprint density at radius 3 is 2.58 bits per heavy atom. The summed E-state index contributed by atoms with van der Waals surface area (Å²) in [6, 6.07) is 0. The van der Waals surface area contributed by atoms with Gasteiger partial charge in [0.05, 0.1) is 12.9 Å². The van der Waals surface area contributed by atoms with Crippen LogP contribution in [0.25, 0.3) is 0 Å². The van der Waals surface area contributed by atoms with Gasteiger partial charge in [-0.15, -0.1) is 0 Å². The van der Waals surface area contributed by atoms with E-state index < -0.39 is 10.8 Å². The van der Waals surface area contributed by atoms with Gasteiger partial charge in [0, 0.05) is 27.7 Å². The Labute approximate surface area is 76.5 Å². The van der Waals surface area contributed by atoms with Gasteiger partial charge >= 0.3 is 0 Å². The van der Waals surface area contributed by atoms with Crippen molar-refractivity contribution >= 4 is 10.8 Å². The molecule has 12 heavy (non-hydrogen) atoms. The van der Waals surface area contributed by atoms with Crippen LogP contribution in [-0.2, 0) is 15.5 Å². The minimum atomic E-state index is -0.576. The van der Waals surface area contributed by atoms with Gasteiger partial charge in [0.2, 0.25) is 0 Å². The van der Waals surface area contributed by atoms with E-state index in [9.17, 15) is 4.21 Å². The molecule has 3 heteroatoms. The van der Waals surface area contributed by atoms with Crippen LogP contribution in [0.2, 0.25) is 0 Å². The van der Waals surface area contributed by atoms with Gasteiger partial charge in [-0.1, -0.05) is 6.92 Å². The van der Waals surface area contributed by atoms with Crippen LogP contribution in [0.4, 0.5) is 0 Å². The first-order chi connectivity index (χ1) is 5.52. The van der Waals surface area contributed by atoms with Crippen LogP contribution in [0.1, 0.15) is 20.8 Å². The summed E-state index contributed by atoms with van der Waals surface area (Å²) in [6.45, 7) is 6.82. The molecule has 0 amide bonds. The van der Waals surface area contributed by atoms with Gasteiger partial charge in [0.1, 0.15) is 0 Å². The molecule has 1 saturated heterocycles. The van der Waals surface area contributed by atoms with Gasteiger partial charge in [-0.3, -0.25) is 4.21 Å². The average Bonchev–Trinajstić information content (AvgIpc) is 1.83. The molecular formula is C9H16O2S. The first kappa shape index (κ1) is 9.78. The van der Waals surface area contributed by atoms with Crippen molar-refractivity contribution in [1.29, 1.82) is 0 Å². The van der Waals surface area contributed by atoms with Crippen LogP contribution in [0, 0.1) is 5.41 Å². The summed E-state index contributed by atoms with van der Waals surface area (Å²) in [5.74, 6) is 1.59. The van der Waals surface area contributed by atoms with Crippen molar-refractivity contribution in [3.05, 3.63) is 11.8 Å². The highest BCUT2D eigenvalue weighted by Crippen LogP contribution is 2.29. The number of ether oxygens (including phenoxy) is 1. The summed E-state index contributed by atoms with van der Waals surface area (Å²) in [7, 11) is -0.576. The molecule has 0 atom stereocenters. The summed E-state index contributed by atoms with van der Waals surface area (Å²) < 4.78 is 16.2. The molecule has 0 aromatic rings. The standard InChI is InChI=1S/C9H16O2S/c1-8(2)4-11-5-9(3)6-12(10)7-9/h4H,5-7H2,1-3H3. The van der Waals surface area contributed by atoms with Crippen LogP contribution in [0.3, 0.4) is 0 Å². The predicted molar refractivity (Wildman–Crippen MR) is 51.4 cm³/mol. The second kappa shape index (κ2) is 3.60. The van der Waals surface area contributed by atoms with Crippen LogP contribution >= 0.6 is 0 Å². The molecule has 0 unspecified atom stereocenters. The van der Waals surface area contributed by atoms with Gasteiger partial charge in [-0.2, -0.15) is 0 Å². The Morgan fingerprint density at radius 2 is 2.17 bits per heavy atom. The first-order valence-electron chi connectivity index (χ1n) is 4.12. The normalized spacial score (nSPS) is 33.8. The summed E-state index contributed by atoms with van der Waals surface area (Å²) in [6.07, 6.45) is 1.77. The second-order valence-corrected chi connectivity index (χ2v) is 5.50. The Kier molecular flexibility index (Phi) is 2.94. The smallest absolute Gasteiger partial charge is 0.0944 e. The fourth-order valence-electron chi connectivity index (χ4n) is 1.23. The van der Waals surface area contributed by atoms with Crippen molar-refractivity contribution in [2.45, 2.75) is 20.8 Å². The molecule has 0 bridgehead atoms. The van der Waals surface area contributed by atoms with Crippen molar-refractivity contribution in [1.82, 2.24) is 0 Å². The Morgan fingerprint density at radius 1 is 1.58 bits per heavy atom. The molecule has 1 fully saturated rings. The molecule has 0 aromatic carbocycles. The summed E-state index contributed by atoms with van der Waals surface area (Å²) in [4.78, 5) is 0.